The second kappa shape index (κ2) is 5.47. The molecule has 0 saturated carbocycles. The third-order valence-electron chi connectivity index (χ3n) is 3.19. The van der Waals surface area contributed by atoms with Crippen LogP contribution in [0.2, 0.25) is 0 Å². The maximum Gasteiger partial charge on any atom is 0.124 e. The lowest BCUT2D eigenvalue weighted by Crippen LogP contribution is -1.91. The Morgan fingerprint density at radius 1 is 1.25 bits per heavy atom. The number of hydrogen-bond donors (Lipinski definition) is 0. The molecule has 3 aromatic rings. The first-order valence-corrected chi connectivity index (χ1v) is 7.27. The highest BCUT2D eigenvalue weighted by atomic mass is 32.1. The molecule has 1 aromatic heterocycles. The number of aromatic nitrogens is 1. The van der Waals surface area contributed by atoms with Gasteiger partial charge in [-0.15, -0.1) is 17.9 Å². The normalized spacial score (nSPS) is 10.7. The maximum atomic E-state index is 5.46. The summed E-state index contributed by atoms with van der Waals surface area (Å²) in [5, 5.41) is 1.02. The van der Waals surface area contributed by atoms with E-state index in [2.05, 4.69) is 35.8 Å². The molecular weight excluding hydrogens is 266 g/mol. The van der Waals surface area contributed by atoms with Crippen LogP contribution in [0.4, 0.5) is 0 Å². The van der Waals surface area contributed by atoms with Gasteiger partial charge in [0.1, 0.15) is 10.8 Å². The highest BCUT2D eigenvalue weighted by molar-refractivity contribution is 7.21. The number of rotatable bonds is 4. The monoisotopic (exact) mass is 281 g/mol. The molecule has 3 heteroatoms. The smallest absolute Gasteiger partial charge is 0.124 e. The summed E-state index contributed by atoms with van der Waals surface area (Å²) in [6, 6.07) is 14.4. The van der Waals surface area contributed by atoms with Gasteiger partial charge in [0.15, 0.2) is 0 Å². The molecule has 20 heavy (non-hydrogen) atoms. The fourth-order valence-corrected chi connectivity index (χ4v) is 3.16. The quantitative estimate of drug-likeness (QED) is 0.647. The number of para-hydroxylation sites is 1. The first-order chi connectivity index (χ1) is 9.81. The Kier molecular flexibility index (Phi) is 3.52. The molecule has 0 unspecified atom stereocenters. The van der Waals surface area contributed by atoms with Crippen LogP contribution in [-0.2, 0) is 6.42 Å². The number of allylic oxidation sites excluding steroid dienone is 1. The molecule has 2 nitrogen and oxygen atoms in total. The Morgan fingerprint density at radius 3 is 2.85 bits per heavy atom. The first kappa shape index (κ1) is 12.9. The van der Waals surface area contributed by atoms with Crippen molar-refractivity contribution in [1.82, 2.24) is 4.98 Å². The summed E-state index contributed by atoms with van der Waals surface area (Å²) >= 11 is 1.70. The van der Waals surface area contributed by atoms with E-state index in [0.717, 1.165) is 33.8 Å². The number of methoxy groups -OCH3 is 1. The lowest BCUT2D eigenvalue weighted by molar-refractivity contribution is 0.411. The van der Waals surface area contributed by atoms with E-state index in [0.29, 0.717) is 0 Å². The minimum absolute atomic E-state index is 0.809. The van der Waals surface area contributed by atoms with Crippen LogP contribution in [-0.4, -0.2) is 12.1 Å². The Labute approximate surface area is 122 Å². The van der Waals surface area contributed by atoms with Crippen LogP contribution in [0.3, 0.4) is 0 Å². The van der Waals surface area contributed by atoms with Crippen molar-refractivity contribution in [3.63, 3.8) is 0 Å². The molecule has 3 rings (SSSR count). The van der Waals surface area contributed by atoms with Gasteiger partial charge in [0.05, 0.1) is 17.3 Å². The number of nitrogens with zero attached hydrogens (tertiary/aromatic N) is 1. The van der Waals surface area contributed by atoms with Crippen molar-refractivity contribution in [2.45, 2.75) is 6.42 Å². The molecule has 0 aliphatic carbocycles. The van der Waals surface area contributed by atoms with E-state index in [1.165, 1.54) is 4.70 Å². The van der Waals surface area contributed by atoms with Crippen molar-refractivity contribution in [2.24, 2.45) is 0 Å². The molecule has 0 aliphatic heterocycles. The van der Waals surface area contributed by atoms with E-state index < -0.39 is 0 Å². The van der Waals surface area contributed by atoms with Crippen molar-refractivity contribution >= 4 is 21.6 Å². The van der Waals surface area contributed by atoms with Gasteiger partial charge < -0.3 is 4.74 Å². The third kappa shape index (κ3) is 2.32. The number of benzene rings is 2. The summed E-state index contributed by atoms with van der Waals surface area (Å²) in [7, 11) is 1.70. The van der Waals surface area contributed by atoms with Crippen molar-refractivity contribution in [3.8, 4) is 16.3 Å². The van der Waals surface area contributed by atoms with Crippen LogP contribution in [0.25, 0.3) is 20.8 Å². The molecular formula is C17H15NOS. The van der Waals surface area contributed by atoms with Crippen molar-refractivity contribution in [3.05, 3.63) is 60.7 Å². The second-order valence-electron chi connectivity index (χ2n) is 4.51. The van der Waals surface area contributed by atoms with Gasteiger partial charge in [-0.3, -0.25) is 0 Å². The summed E-state index contributed by atoms with van der Waals surface area (Å²) in [4.78, 5) is 4.68. The molecule has 0 N–H and O–H groups in total. The second-order valence-corrected chi connectivity index (χ2v) is 5.54. The van der Waals surface area contributed by atoms with Gasteiger partial charge in [0, 0.05) is 5.56 Å². The van der Waals surface area contributed by atoms with E-state index in [4.69, 9.17) is 4.74 Å². The summed E-state index contributed by atoms with van der Waals surface area (Å²) in [5.41, 5.74) is 3.28. The topological polar surface area (TPSA) is 22.1 Å². The number of hydrogen-bond acceptors (Lipinski definition) is 3. The predicted molar refractivity (Wildman–Crippen MR) is 85.5 cm³/mol. The van der Waals surface area contributed by atoms with Crippen molar-refractivity contribution in [1.29, 1.82) is 0 Å². The average Bonchev–Trinajstić information content (AvgIpc) is 2.92. The van der Waals surface area contributed by atoms with Crippen LogP contribution in [0, 0.1) is 0 Å². The van der Waals surface area contributed by atoms with Crippen LogP contribution in [0.5, 0.6) is 5.75 Å². The van der Waals surface area contributed by atoms with Crippen molar-refractivity contribution in [2.75, 3.05) is 7.11 Å². The Morgan fingerprint density at radius 2 is 2.10 bits per heavy atom. The van der Waals surface area contributed by atoms with E-state index in [9.17, 15) is 0 Å². The molecule has 0 aliphatic rings. The molecule has 0 atom stereocenters. The Balaban J connectivity index is 2.07. The minimum atomic E-state index is 0.809. The number of fused-ring (bicyclic) bond motifs is 1. The Bertz CT molecular complexity index is 728. The van der Waals surface area contributed by atoms with Crippen LogP contribution >= 0.6 is 11.3 Å². The molecule has 0 radical (unpaired) electrons. The summed E-state index contributed by atoms with van der Waals surface area (Å²) in [5.74, 6) is 0.890. The number of thiazole rings is 1. The predicted octanol–water partition coefficient (Wildman–Crippen LogP) is 4.70. The maximum absolute atomic E-state index is 5.46. The van der Waals surface area contributed by atoms with Gasteiger partial charge in [-0.05, 0) is 30.2 Å². The van der Waals surface area contributed by atoms with E-state index >= 15 is 0 Å². The first-order valence-electron chi connectivity index (χ1n) is 6.45. The van der Waals surface area contributed by atoms with E-state index in [-0.39, 0.29) is 0 Å². The van der Waals surface area contributed by atoms with E-state index in [1.807, 2.05) is 24.3 Å². The zero-order valence-electron chi connectivity index (χ0n) is 11.3. The standard InChI is InChI=1S/C17H15NOS/c1-3-6-12-9-10-13(11-15(12)19-2)17-18-14-7-4-5-8-16(14)20-17/h3-5,7-11H,1,6H2,2H3. The number of ether oxygens (including phenoxy) is 1. The van der Waals surface area contributed by atoms with Crippen LogP contribution in [0.15, 0.2) is 55.1 Å². The SMILES string of the molecule is C=CCc1ccc(-c2nc3ccccc3s2)cc1OC. The van der Waals surface area contributed by atoms with E-state index in [1.54, 1.807) is 18.4 Å². The highest BCUT2D eigenvalue weighted by Gasteiger charge is 2.09. The fraction of sp³-hybridized carbons (Fsp3) is 0.118. The third-order valence-corrected chi connectivity index (χ3v) is 4.28. The van der Waals surface area contributed by atoms with Gasteiger partial charge in [-0.25, -0.2) is 4.98 Å². The molecule has 100 valence electrons. The van der Waals surface area contributed by atoms with Gasteiger partial charge in [0.25, 0.3) is 0 Å². The zero-order chi connectivity index (χ0) is 13.9. The molecule has 1 heterocycles. The van der Waals surface area contributed by atoms with Crippen LogP contribution in [0.1, 0.15) is 5.56 Å². The molecule has 0 saturated heterocycles. The lowest BCUT2D eigenvalue weighted by Gasteiger charge is -2.08. The fourth-order valence-electron chi connectivity index (χ4n) is 2.20. The lowest BCUT2D eigenvalue weighted by atomic mass is 10.1. The molecule has 0 spiro atoms. The van der Waals surface area contributed by atoms with Gasteiger partial charge in [0.2, 0.25) is 0 Å². The summed E-state index contributed by atoms with van der Waals surface area (Å²) < 4.78 is 6.67. The molecule has 2 aromatic carbocycles. The van der Waals surface area contributed by atoms with Crippen LogP contribution < -0.4 is 4.74 Å². The van der Waals surface area contributed by atoms with Crippen molar-refractivity contribution < 1.29 is 4.74 Å². The minimum Gasteiger partial charge on any atom is -0.496 e. The molecule has 0 bridgehead atoms. The van der Waals surface area contributed by atoms with Gasteiger partial charge in [-0.2, -0.15) is 0 Å². The zero-order valence-corrected chi connectivity index (χ0v) is 12.1. The molecule has 0 amide bonds. The van der Waals surface area contributed by atoms with Gasteiger partial charge >= 0.3 is 0 Å². The largest absolute Gasteiger partial charge is 0.496 e. The Hall–Kier alpha value is -2.13. The van der Waals surface area contributed by atoms with Gasteiger partial charge in [-0.1, -0.05) is 30.3 Å². The molecule has 0 fully saturated rings. The summed E-state index contributed by atoms with van der Waals surface area (Å²) in [6.45, 7) is 3.77. The average molecular weight is 281 g/mol. The highest BCUT2D eigenvalue weighted by Crippen LogP contribution is 2.33. The summed E-state index contributed by atoms with van der Waals surface area (Å²) in [6.07, 6.45) is 2.69.